The third kappa shape index (κ3) is 4.12. The van der Waals surface area contributed by atoms with E-state index in [9.17, 15) is 9.90 Å². The number of carbonyl (C=O) groups is 1. The standard InChI is InChI=1S/C20H24N2O3/c1-15-3-8-18(19(23)13-15)20(24)21(2)14-16-4-6-17(7-5-16)22-9-11-25-12-10-22/h3-8,13,23H,9-12,14H2,1-2H3. The smallest absolute Gasteiger partial charge is 0.257 e. The Kier molecular flexibility index (Phi) is 5.24. The zero-order valence-electron chi connectivity index (χ0n) is 14.7. The summed E-state index contributed by atoms with van der Waals surface area (Å²) in [6.45, 7) is 5.72. The summed E-state index contributed by atoms with van der Waals surface area (Å²) in [5.74, 6) is -0.158. The number of nitrogens with zero attached hydrogens (tertiary/aromatic N) is 2. The van der Waals surface area contributed by atoms with Crippen LogP contribution in [0.2, 0.25) is 0 Å². The van der Waals surface area contributed by atoms with Gasteiger partial charge in [-0.15, -0.1) is 0 Å². The zero-order valence-corrected chi connectivity index (χ0v) is 14.7. The highest BCUT2D eigenvalue weighted by molar-refractivity contribution is 5.96. The fourth-order valence-electron chi connectivity index (χ4n) is 3.01. The molecule has 5 nitrogen and oxygen atoms in total. The molecular weight excluding hydrogens is 316 g/mol. The normalized spacial score (nSPS) is 14.4. The van der Waals surface area contributed by atoms with E-state index in [-0.39, 0.29) is 11.7 Å². The average Bonchev–Trinajstić information content (AvgIpc) is 2.62. The predicted molar refractivity (Wildman–Crippen MR) is 98.1 cm³/mol. The molecule has 1 amide bonds. The summed E-state index contributed by atoms with van der Waals surface area (Å²) in [4.78, 5) is 16.5. The summed E-state index contributed by atoms with van der Waals surface area (Å²) in [7, 11) is 1.75. The van der Waals surface area contributed by atoms with Crippen LogP contribution in [-0.4, -0.2) is 49.3 Å². The number of morpholine rings is 1. The van der Waals surface area contributed by atoms with E-state index in [0.29, 0.717) is 12.1 Å². The highest BCUT2D eigenvalue weighted by Crippen LogP contribution is 2.21. The fourth-order valence-corrected chi connectivity index (χ4v) is 3.01. The molecule has 1 aliphatic heterocycles. The van der Waals surface area contributed by atoms with Gasteiger partial charge in [0.25, 0.3) is 5.91 Å². The topological polar surface area (TPSA) is 53.0 Å². The van der Waals surface area contributed by atoms with E-state index in [1.165, 1.54) is 5.69 Å². The first-order valence-electron chi connectivity index (χ1n) is 8.51. The molecule has 0 unspecified atom stereocenters. The molecule has 0 radical (unpaired) electrons. The highest BCUT2D eigenvalue weighted by atomic mass is 16.5. The molecule has 0 aliphatic carbocycles. The largest absolute Gasteiger partial charge is 0.507 e. The molecule has 1 saturated heterocycles. The van der Waals surface area contributed by atoms with Crippen molar-refractivity contribution in [1.29, 1.82) is 0 Å². The van der Waals surface area contributed by atoms with Gasteiger partial charge in [-0.3, -0.25) is 4.79 Å². The quantitative estimate of drug-likeness (QED) is 0.930. The Bertz CT molecular complexity index is 737. The Morgan fingerprint density at radius 1 is 1.16 bits per heavy atom. The summed E-state index contributed by atoms with van der Waals surface area (Å²) < 4.78 is 5.38. The van der Waals surface area contributed by atoms with E-state index in [0.717, 1.165) is 37.4 Å². The molecule has 0 aromatic heterocycles. The van der Waals surface area contributed by atoms with Gasteiger partial charge in [0.15, 0.2) is 0 Å². The van der Waals surface area contributed by atoms with Crippen molar-refractivity contribution in [2.24, 2.45) is 0 Å². The van der Waals surface area contributed by atoms with Gasteiger partial charge in [0, 0.05) is 32.4 Å². The molecule has 2 aromatic carbocycles. The van der Waals surface area contributed by atoms with Crippen molar-refractivity contribution in [1.82, 2.24) is 4.90 Å². The Labute approximate surface area is 148 Å². The number of hydrogen-bond donors (Lipinski definition) is 1. The molecule has 1 N–H and O–H groups in total. The van der Waals surface area contributed by atoms with Crippen LogP contribution in [0.25, 0.3) is 0 Å². The number of phenols is 1. The number of aryl methyl sites for hydroxylation is 1. The first-order valence-corrected chi connectivity index (χ1v) is 8.51. The van der Waals surface area contributed by atoms with Crippen LogP contribution in [0.15, 0.2) is 42.5 Å². The summed E-state index contributed by atoms with van der Waals surface area (Å²) in [5.41, 5.74) is 3.49. The van der Waals surface area contributed by atoms with Crippen LogP contribution in [0.5, 0.6) is 5.75 Å². The van der Waals surface area contributed by atoms with Crippen LogP contribution < -0.4 is 4.90 Å². The van der Waals surface area contributed by atoms with Crippen molar-refractivity contribution >= 4 is 11.6 Å². The van der Waals surface area contributed by atoms with E-state index in [4.69, 9.17) is 4.74 Å². The van der Waals surface area contributed by atoms with Crippen LogP contribution in [0.3, 0.4) is 0 Å². The molecule has 2 aromatic rings. The number of benzene rings is 2. The summed E-state index contributed by atoms with van der Waals surface area (Å²) in [6, 6.07) is 13.4. The van der Waals surface area contributed by atoms with Crippen LogP contribution in [0.1, 0.15) is 21.5 Å². The van der Waals surface area contributed by atoms with Crippen LogP contribution >= 0.6 is 0 Å². The maximum Gasteiger partial charge on any atom is 0.257 e. The second kappa shape index (κ2) is 7.57. The highest BCUT2D eigenvalue weighted by Gasteiger charge is 2.16. The van der Waals surface area contributed by atoms with Crippen molar-refractivity contribution in [3.8, 4) is 5.75 Å². The molecular formula is C20H24N2O3. The summed E-state index contributed by atoms with van der Waals surface area (Å²) >= 11 is 0. The monoisotopic (exact) mass is 340 g/mol. The number of phenolic OH excluding ortho intramolecular Hbond substituents is 1. The second-order valence-corrected chi connectivity index (χ2v) is 6.45. The van der Waals surface area contributed by atoms with Crippen molar-refractivity contribution in [2.45, 2.75) is 13.5 Å². The number of aromatic hydroxyl groups is 1. The molecule has 1 aliphatic rings. The van der Waals surface area contributed by atoms with E-state index >= 15 is 0 Å². The van der Waals surface area contributed by atoms with E-state index in [1.54, 1.807) is 24.1 Å². The Morgan fingerprint density at radius 3 is 2.48 bits per heavy atom. The molecule has 0 spiro atoms. The second-order valence-electron chi connectivity index (χ2n) is 6.45. The maximum absolute atomic E-state index is 12.5. The lowest BCUT2D eigenvalue weighted by Gasteiger charge is -2.29. The molecule has 0 bridgehead atoms. The van der Waals surface area contributed by atoms with Gasteiger partial charge in [-0.05, 0) is 42.3 Å². The minimum Gasteiger partial charge on any atom is -0.507 e. The molecule has 3 rings (SSSR count). The molecule has 132 valence electrons. The number of amides is 1. The lowest BCUT2D eigenvalue weighted by molar-refractivity contribution is 0.0782. The summed E-state index contributed by atoms with van der Waals surface area (Å²) in [5, 5.41) is 9.99. The lowest BCUT2D eigenvalue weighted by Crippen LogP contribution is -2.36. The predicted octanol–water partition coefficient (Wildman–Crippen LogP) is 2.81. The zero-order chi connectivity index (χ0) is 17.8. The van der Waals surface area contributed by atoms with E-state index < -0.39 is 0 Å². The third-order valence-electron chi connectivity index (χ3n) is 4.46. The van der Waals surface area contributed by atoms with Crippen molar-refractivity contribution < 1.29 is 14.6 Å². The number of rotatable bonds is 4. The van der Waals surface area contributed by atoms with Gasteiger partial charge in [-0.2, -0.15) is 0 Å². The van der Waals surface area contributed by atoms with Crippen molar-refractivity contribution in [3.05, 3.63) is 59.2 Å². The Hall–Kier alpha value is -2.53. The number of anilines is 1. The van der Waals surface area contributed by atoms with E-state index in [1.807, 2.05) is 25.1 Å². The summed E-state index contributed by atoms with van der Waals surface area (Å²) in [6.07, 6.45) is 0. The molecule has 25 heavy (non-hydrogen) atoms. The van der Waals surface area contributed by atoms with Crippen molar-refractivity contribution in [2.75, 3.05) is 38.3 Å². The lowest BCUT2D eigenvalue weighted by atomic mass is 10.1. The molecule has 1 fully saturated rings. The van der Waals surface area contributed by atoms with Crippen molar-refractivity contribution in [3.63, 3.8) is 0 Å². The number of carbonyl (C=O) groups excluding carboxylic acids is 1. The van der Waals surface area contributed by atoms with Gasteiger partial charge >= 0.3 is 0 Å². The van der Waals surface area contributed by atoms with Crippen LogP contribution in [0.4, 0.5) is 5.69 Å². The van der Waals surface area contributed by atoms with Gasteiger partial charge in [-0.25, -0.2) is 0 Å². The van der Waals surface area contributed by atoms with Gasteiger partial charge in [-0.1, -0.05) is 18.2 Å². The Morgan fingerprint density at radius 2 is 1.84 bits per heavy atom. The first-order chi connectivity index (χ1) is 12.0. The van der Waals surface area contributed by atoms with Gasteiger partial charge in [0.2, 0.25) is 0 Å². The Balaban J connectivity index is 1.65. The van der Waals surface area contributed by atoms with Gasteiger partial charge in [0.1, 0.15) is 5.75 Å². The van der Waals surface area contributed by atoms with Gasteiger partial charge < -0.3 is 19.6 Å². The van der Waals surface area contributed by atoms with Crippen LogP contribution in [-0.2, 0) is 11.3 Å². The average molecular weight is 340 g/mol. The molecule has 0 atom stereocenters. The molecule has 0 saturated carbocycles. The minimum atomic E-state index is -0.185. The SMILES string of the molecule is Cc1ccc(C(=O)N(C)Cc2ccc(N3CCOCC3)cc2)c(O)c1. The fraction of sp³-hybridized carbons (Fsp3) is 0.350. The van der Waals surface area contributed by atoms with Crippen LogP contribution in [0, 0.1) is 6.92 Å². The number of hydrogen-bond acceptors (Lipinski definition) is 4. The number of ether oxygens (including phenoxy) is 1. The van der Waals surface area contributed by atoms with E-state index in [2.05, 4.69) is 17.0 Å². The first kappa shape index (κ1) is 17.3. The van der Waals surface area contributed by atoms with Gasteiger partial charge in [0.05, 0.1) is 18.8 Å². The molecule has 5 heteroatoms. The maximum atomic E-state index is 12.5. The minimum absolute atomic E-state index is 0.0273. The molecule has 1 heterocycles. The third-order valence-corrected chi connectivity index (χ3v) is 4.46.